The Balaban J connectivity index is 0.000000219. The third-order valence-electron chi connectivity index (χ3n) is 8.09. The van der Waals surface area contributed by atoms with Gasteiger partial charge in [0.15, 0.2) is 5.69 Å². The van der Waals surface area contributed by atoms with E-state index >= 15 is 0 Å². The first-order valence-electron chi connectivity index (χ1n) is 15.9. The van der Waals surface area contributed by atoms with E-state index in [-0.39, 0.29) is 56.0 Å². The normalized spacial score (nSPS) is 11.4. The van der Waals surface area contributed by atoms with Crippen LogP contribution in [0.5, 0.6) is 17.2 Å². The monoisotopic (exact) mass is 834 g/mol. The standard InChI is InChI=1S/C20H13N3O7S.C16H13N5O4.Co/c24-16-8-5-11-3-1-2-4-13(11)19(16)21-22-20-14-7-6-12(23(26)27)9-15(14)18(10-17(20)25)31(28,29)30;1-10-15(16(23)20(19-10)11-5-3-2-4-6-11)18-17-13-9-12(21(24)25)7-8-14(13)22;/h1-10,24-25H,(H,28,29,30);2-9,19,22H,1H3;/q;;+3/p-3. The minimum Gasteiger partial charge on any atom is -0.871 e. The van der Waals surface area contributed by atoms with E-state index in [1.165, 1.54) is 10.7 Å². The van der Waals surface area contributed by atoms with Crippen molar-refractivity contribution in [1.82, 2.24) is 9.78 Å². The SMILES string of the molecule is Cc1[nH]n(-c2ccccc2)c(=O)c1N=Nc1cc([N+](=O)[O-])ccc1[O-].O=[N+]([O-])c1ccc2c(N=Nc3c([O-])ccc4ccccc34)c([O-])cc(S(=O)(=O)O)c2c1.[Co+3]. The third-order valence-corrected chi connectivity index (χ3v) is 8.98. The number of hydrogen-bond donors (Lipinski definition) is 2. The van der Waals surface area contributed by atoms with Crippen LogP contribution in [0, 0.1) is 27.2 Å². The first kappa shape index (κ1) is 40.8. The molecule has 19 nitrogen and oxygen atoms in total. The molecule has 0 radical (unpaired) electrons. The number of para-hydroxylation sites is 1. The first-order valence-corrected chi connectivity index (χ1v) is 17.3. The average Bonchev–Trinajstić information content (AvgIpc) is 3.46. The Morgan fingerprint density at radius 1 is 0.649 bits per heavy atom. The second-order valence-electron chi connectivity index (χ2n) is 11.7. The molecule has 2 N–H and O–H groups in total. The Morgan fingerprint density at radius 3 is 1.89 bits per heavy atom. The van der Waals surface area contributed by atoms with Crippen molar-refractivity contribution in [1.29, 1.82) is 0 Å². The number of nitrogens with zero attached hydrogens (tertiary/aromatic N) is 7. The van der Waals surface area contributed by atoms with Gasteiger partial charge in [-0.25, -0.2) is 4.68 Å². The molecule has 0 fully saturated rings. The van der Waals surface area contributed by atoms with Crippen LogP contribution in [0.3, 0.4) is 0 Å². The van der Waals surface area contributed by atoms with Gasteiger partial charge in [0.1, 0.15) is 4.90 Å². The molecule has 288 valence electrons. The van der Waals surface area contributed by atoms with E-state index in [9.17, 15) is 53.3 Å². The Hall–Kier alpha value is -7.33. The molecule has 0 aliphatic heterocycles. The van der Waals surface area contributed by atoms with Gasteiger partial charge in [0.05, 0.1) is 38.3 Å². The molecule has 7 aromatic rings. The summed E-state index contributed by atoms with van der Waals surface area (Å²) >= 11 is 0. The van der Waals surface area contributed by atoms with Gasteiger partial charge in [-0.05, 0) is 36.6 Å². The summed E-state index contributed by atoms with van der Waals surface area (Å²) in [5.41, 5.74) is -0.625. The number of nitro benzene ring substituents is 2. The molecule has 0 saturated carbocycles. The van der Waals surface area contributed by atoms with Crippen LogP contribution in [0.4, 0.5) is 34.1 Å². The van der Waals surface area contributed by atoms with E-state index in [0.29, 0.717) is 22.8 Å². The average molecular weight is 835 g/mol. The van der Waals surface area contributed by atoms with E-state index in [2.05, 4.69) is 25.6 Å². The van der Waals surface area contributed by atoms with Crippen LogP contribution < -0.4 is 20.9 Å². The molecule has 6 aromatic carbocycles. The van der Waals surface area contributed by atoms with E-state index in [1.807, 2.05) is 6.07 Å². The van der Waals surface area contributed by atoms with Gasteiger partial charge in [0, 0.05) is 40.4 Å². The fraction of sp³-hybridized carbons (Fsp3) is 0.0278. The zero-order valence-electron chi connectivity index (χ0n) is 28.8. The molecule has 0 unspecified atom stereocenters. The summed E-state index contributed by atoms with van der Waals surface area (Å²) in [6.45, 7) is 1.64. The second-order valence-corrected chi connectivity index (χ2v) is 13.1. The van der Waals surface area contributed by atoms with Crippen LogP contribution in [0.2, 0.25) is 0 Å². The Bertz CT molecular complexity index is 2940. The van der Waals surface area contributed by atoms with Crippen molar-refractivity contribution in [2.75, 3.05) is 0 Å². The van der Waals surface area contributed by atoms with E-state index in [1.54, 1.807) is 61.5 Å². The van der Waals surface area contributed by atoms with Gasteiger partial charge in [-0.2, -0.15) is 23.8 Å². The number of aryl methyl sites for hydroxylation is 1. The zero-order valence-corrected chi connectivity index (χ0v) is 30.7. The predicted octanol–water partition coefficient (Wildman–Crippen LogP) is 6.58. The molecular weight excluding hydrogens is 811 g/mol. The van der Waals surface area contributed by atoms with Gasteiger partial charge in [-0.15, -0.1) is 5.11 Å². The van der Waals surface area contributed by atoms with Crippen LogP contribution in [-0.4, -0.2) is 32.6 Å². The Morgan fingerprint density at radius 2 is 1.23 bits per heavy atom. The number of non-ortho nitro benzene ring substituents is 2. The topological polar surface area (TPSA) is 297 Å². The van der Waals surface area contributed by atoms with Crippen molar-refractivity contribution in [3.8, 4) is 22.9 Å². The van der Waals surface area contributed by atoms with Crippen molar-refractivity contribution in [3.63, 3.8) is 0 Å². The van der Waals surface area contributed by atoms with Crippen LogP contribution >= 0.6 is 0 Å². The molecule has 0 atom stereocenters. The van der Waals surface area contributed by atoms with Crippen LogP contribution in [0.1, 0.15) is 5.69 Å². The van der Waals surface area contributed by atoms with Crippen LogP contribution in [0.25, 0.3) is 27.2 Å². The summed E-state index contributed by atoms with van der Waals surface area (Å²) in [5, 5.41) is 77.5. The molecule has 0 spiro atoms. The summed E-state index contributed by atoms with van der Waals surface area (Å²) in [5.74, 6) is -1.86. The maximum atomic E-state index is 12.5. The third kappa shape index (κ3) is 8.65. The van der Waals surface area contributed by atoms with E-state index in [0.717, 1.165) is 41.8 Å². The smallest absolute Gasteiger partial charge is 0.871 e. The Kier molecular flexibility index (Phi) is 11.9. The Labute approximate surface area is 330 Å². The van der Waals surface area contributed by atoms with Gasteiger partial charge in [0.2, 0.25) is 0 Å². The molecule has 1 heterocycles. The van der Waals surface area contributed by atoms with Crippen LogP contribution in [0.15, 0.2) is 139 Å². The summed E-state index contributed by atoms with van der Waals surface area (Å²) in [6, 6.07) is 25.6. The first-order chi connectivity index (χ1) is 26.6. The molecule has 0 amide bonds. The number of rotatable bonds is 8. The number of nitrogens with one attached hydrogen (secondary N) is 1. The van der Waals surface area contributed by atoms with Gasteiger partial charge in [-0.3, -0.25) is 34.7 Å². The number of benzene rings is 6. The second kappa shape index (κ2) is 16.6. The molecule has 7 rings (SSSR count). The quantitative estimate of drug-likeness (QED) is 0.0713. The number of aromatic nitrogens is 2. The number of fused-ring (bicyclic) bond motifs is 2. The number of H-pyrrole nitrogens is 1. The van der Waals surface area contributed by atoms with Crippen molar-refractivity contribution in [2.24, 2.45) is 20.5 Å². The molecule has 0 aliphatic rings. The minimum absolute atomic E-state index is 0. The van der Waals surface area contributed by atoms with Crippen molar-refractivity contribution in [3.05, 3.63) is 145 Å². The maximum absolute atomic E-state index is 12.5. The molecule has 0 bridgehead atoms. The summed E-state index contributed by atoms with van der Waals surface area (Å²) in [4.78, 5) is 32.2. The summed E-state index contributed by atoms with van der Waals surface area (Å²) in [6.07, 6.45) is 0. The number of aromatic amines is 1. The predicted molar refractivity (Wildman–Crippen MR) is 195 cm³/mol. The van der Waals surface area contributed by atoms with Crippen LogP contribution in [-0.2, 0) is 26.9 Å². The fourth-order valence-electron chi connectivity index (χ4n) is 5.42. The molecule has 57 heavy (non-hydrogen) atoms. The zero-order chi connectivity index (χ0) is 40.3. The van der Waals surface area contributed by atoms with Gasteiger partial charge < -0.3 is 15.3 Å². The van der Waals surface area contributed by atoms with Crippen molar-refractivity contribution < 1.29 is 54.9 Å². The van der Waals surface area contributed by atoms with Gasteiger partial charge in [0.25, 0.3) is 27.1 Å². The van der Waals surface area contributed by atoms with Gasteiger partial charge in [-0.1, -0.05) is 77.9 Å². The van der Waals surface area contributed by atoms with Gasteiger partial charge >= 0.3 is 16.8 Å². The number of hydrogen-bond acceptors (Lipinski definition) is 14. The molecule has 1 aromatic heterocycles. The molecular formula is C36H23CoN8O11S. The molecule has 0 saturated heterocycles. The number of azo groups is 2. The maximum Gasteiger partial charge on any atom is 3.00 e. The summed E-state index contributed by atoms with van der Waals surface area (Å²) in [7, 11) is -4.86. The minimum atomic E-state index is -4.86. The van der Waals surface area contributed by atoms with E-state index < -0.39 is 53.4 Å². The molecule has 0 aliphatic carbocycles. The van der Waals surface area contributed by atoms with Crippen molar-refractivity contribution >= 4 is 65.8 Å². The van der Waals surface area contributed by atoms with E-state index in [4.69, 9.17) is 0 Å². The fourth-order valence-corrected chi connectivity index (χ4v) is 6.13. The summed E-state index contributed by atoms with van der Waals surface area (Å²) < 4.78 is 34.2. The number of nitro groups is 2. The molecule has 21 heteroatoms. The largest absolute Gasteiger partial charge is 3.00 e. The van der Waals surface area contributed by atoms with Crippen molar-refractivity contribution in [2.45, 2.75) is 11.8 Å².